The molecule has 0 unspecified atom stereocenters. The van der Waals surface area contributed by atoms with Gasteiger partial charge in [0.05, 0.1) is 30.5 Å². The van der Waals surface area contributed by atoms with E-state index in [0.717, 1.165) is 28.1 Å². The number of halogens is 3. The zero-order valence-electron chi connectivity index (χ0n) is 17.4. The second-order valence-corrected chi connectivity index (χ2v) is 8.41. The summed E-state index contributed by atoms with van der Waals surface area (Å²) in [5, 5.41) is 2.95. The van der Waals surface area contributed by atoms with Gasteiger partial charge in [-0.25, -0.2) is 4.98 Å². The van der Waals surface area contributed by atoms with Gasteiger partial charge in [-0.05, 0) is 24.3 Å². The smallest absolute Gasteiger partial charge is 0.417 e. The van der Waals surface area contributed by atoms with Crippen molar-refractivity contribution in [2.45, 2.75) is 12.7 Å². The second-order valence-electron chi connectivity index (χ2n) is 7.47. The molecule has 0 atom stereocenters. The topological polar surface area (TPSA) is 45.7 Å². The first-order valence-corrected chi connectivity index (χ1v) is 11.0. The minimum absolute atomic E-state index is 0.295. The maximum atomic E-state index is 13.3. The third-order valence-corrected chi connectivity index (χ3v) is 6.23. The number of rotatable bonds is 5. The fourth-order valence-corrected chi connectivity index (χ4v) is 4.53. The minimum atomic E-state index is -4.56. The number of methoxy groups -OCH3 is 1. The third-order valence-electron chi connectivity index (χ3n) is 5.40. The van der Waals surface area contributed by atoms with Gasteiger partial charge >= 0.3 is 6.18 Å². The Labute approximate surface area is 188 Å². The molecule has 1 aromatic heterocycles. The summed E-state index contributed by atoms with van der Waals surface area (Å²) in [6.45, 7) is 2.54. The molecule has 4 rings (SSSR count). The van der Waals surface area contributed by atoms with E-state index in [1.165, 1.54) is 23.1 Å². The molecular weight excluding hydrogens is 439 g/mol. The van der Waals surface area contributed by atoms with Crippen molar-refractivity contribution in [1.29, 1.82) is 0 Å². The Morgan fingerprint density at radius 2 is 1.84 bits per heavy atom. The molecule has 1 aliphatic rings. The molecular formula is C23H22F3N3O2S. The van der Waals surface area contributed by atoms with Crippen molar-refractivity contribution in [3.8, 4) is 17.0 Å². The molecule has 2 heterocycles. The number of thiazole rings is 1. The number of benzene rings is 2. The van der Waals surface area contributed by atoms with Crippen molar-refractivity contribution in [2.24, 2.45) is 0 Å². The highest BCUT2D eigenvalue weighted by Crippen LogP contribution is 2.32. The molecule has 1 saturated heterocycles. The number of ether oxygens (including phenoxy) is 1. The summed E-state index contributed by atoms with van der Waals surface area (Å²) in [5.41, 5.74) is 0.670. The molecule has 32 heavy (non-hydrogen) atoms. The van der Waals surface area contributed by atoms with Gasteiger partial charge in [0.1, 0.15) is 10.8 Å². The van der Waals surface area contributed by atoms with Gasteiger partial charge < -0.3 is 9.64 Å². The fourth-order valence-electron chi connectivity index (χ4n) is 3.69. The molecule has 0 radical (unpaired) electrons. The van der Waals surface area contributed by atoms with E-state index < -0.39 is 17.6 Å². The highest BCUT2D eigenvalue weighted by atomic mass is 32.1. The summed E-state index contributed by atoms with van der Waals surface area (Å²) in [5.74, 6) is 0.192. The first-order chi connectivity index (χ1) is 15.3. The quantitative estimate of drug-likeness (QED) is 0.548. The van der Waals surface area contributed by atoms with Gasteiger partial charge in [0.2, 0.25) is 0 Å². The fraction of sp³-hybridized carbons (Fsp3) is 0.304. The van der Waals surface area contributed by atoms with Crippen LogP contribution in [0.5, 0.6) is 5.75 Å². The van der Waals surface area contributed by atoms with Gasteiger partial charge in [-0.1, -0.05) is 24.3 Å². The zero-order chi connectivity index (χ0) is 22.7. The average Bonchev–Trinajstić information content (AvgIpc) is 3.27. The van der Waals surface area contributed by atoms with Crippen molar-refractivity contribution in [1.82, 2.24) is 14.8 Å². The number of piperazine rings is 1. The van der Waals surface area contributed by atoms with Crippen LogP contribution in [0.15, 0.2) is 53.9 Å². The Morgan fingerprint density at radius 3 is 2.56 bits per heavy atom. The van der Waals surface area contributed by atoms with E-state index in [-0.39, 0.29) is 5.56 Å². The molecule has 0 bridgehead atoms. The van der Waals surface area contributed by atoms with Crippen molar-refractivity contribution in [3.05, 3.63) is 70.0 Å². The number of hydrogen-bond acceptors (Lipinski definition) is 5. The predicted octanol–water partition coefficient (Wildman–Crippen LogP) is 4.80. The normalized spacial score (nSPS) is 15.1. The van der Waals surface area contributed by atoms with Crippen LogP contribution < -0.4 is 4.74 Å². The van der Waals surface area contributed by atoms with Gasteiger partial charge in [-0.15, -0.1) is 11.3 Å². The summed E-state index contributed by atoms with van der Waals surface area (Å²) >= 11 is 1.56. The average molecular weight is 462 g/mol. The van der Waals surface area contributed by atoms with Crippen LogP contribution in [0.2, 0.25) is 0 Å². The van der Waals surface area contributed by atoms with Crippen LogP contribution >= 0.6 is 11.3 Å². The lowest BCUT2D eigenvalue weighted by Crippen LogP contribution is -2.48. The Bertz CT molecular complexity index is 1090. The van der Waals surface area contributed by atoms with Gasteiger partial charge in [0, 0.05) is 37.1 Å². The van der Waals surface area contributed by atoms with E-state index in [4.69, 9.17) is 9.72 Å². The van der Waals surface area contributed by atoms with E-state index in [2.05, 4.69) is 4.90 Å². The Kier molecular flexibility index (Phi) is 6.48. The second kappa shape index (κ2) is 9.30. The van der Waals surface area contributed by atoms with Crippen molar-refractivity contribution in [2.75, 3.05) is 33.3 Å². The summed E-state index contributed by atoms with van der Waals surface area (Å²) in [4.78, 5) is 21.1. The number of amides is 1. The highest BCUT2D eigenvalue weighted by Gasteiger charge is 2.36. The molecule has 1 amide bonds. The van der Waals surface area contributed by atoms with Crippen LogP contribution in [0.4, 0.5) is 13.2 Å². The largest absolute Gasteiger partial charge is 0.497 e. The van der Waals surface area contributed by atoms with E-state index >= 15 is 0 Å². The predicted molar refractivity (Wildman–Crippen MR) is 117 cm³/mol. The lowest BCUT2D eigenvalue weighted by molar-refractivity contribution is -0.138. The summed E-state index contributed by atoms with van der Waals surface area (Å²) in [7, 11) is 1.62. The lowest BCUT2D eigenvalue weighted by atomic mass is 10.1. The summed E-state index contributed by atoms with van der Waals surface area (Å²) in [6.07, 6.45) is -4.56. The van der Waals surface area contributed by atoms with Gasteiger partial charge in [0.15, 0.2) is 0 Å². The first-order valence-electron chi connectivity index (χ1n) is 10.1. The van der Waals surface area contributed by atoms with Crippen molar-refractivity contribution in [3.63, 3.8) is 0 Å². The van der Waals surface area contributed by atoms with Crippen LogP contribution in [-0.2, 0) is 12.7 Å². The standard InChI is InChI=1S/C23H22F3N3O2S/c1-31-17-6-4-5-16(13-17)20-15-32-21(27-20)14-28-9-11-29(12-10-28)22(30)18-7-2-3-8-19(18)23(24,25)26/h2-8,13,15H,9-12,14H2,1H3. The van der Waals surface area contributed by atoms with Gasteiger partial charge in [-0.3, -0.25) is 9.69 Å². The highest BCUT2D eigenvalue weighted by molar-refractivity contribution is 7.09. The van der Waals surface area contributed by atoms with E-state index in [1.54, 1.807) is 18.4 Å². The number of carbonyl (C=O) groups is 1. The summed E-state index contributed by atoms with van der Waals surface area (Å²) in [6, 6.07) is 12.7. The third kappa shape index (κ3) is 4.94. The van der Waals surface area contributed by atoms with Crippen molar-refractivity contribution < 1.29 is 22.7 Å². The molecule has 0 aliphatic carbocycles. The zero-order valence-corrected chi connectivity index (χ0v) is 18.2. The molecule has 1 fully saturated rings. The maximum Gasteiger partial charge on any atom is 0.417 e. The Hall–Kier alpha value is -2.91. The molecule has 0 N–H and O–H groups in total. The van der Waals surface area contributed by atoms with E-state index in [9.17, 15) is 18.0 Å². The number of aromatic nitrogens is 1. The molecule has 3 aromatic rings. The minimum Gasteiger partial charge on any atom is -0.497 e. The number of alkyl halides is 3. The summed E-state index contributed by atoms with van der Waals surface area (Å²) < 4.78 is 45.0. The Morgan fingerprint density at radius 1 is 1.09 bits per heavy atom. The molecule has 9 heteroatoms. The number of carbonyl (C=O) groups excluding carboxylic acids is 1. The number of nitrogens with zero attached hydrogens (tertiary/aromatic N) is 3. The van der Waals surface area contributed by atoms with Crippen molar-refractivity contribution >= 4 is 17.2 Å². The van der Waals surface area contributed by atoms with Crippen LogP contribution in [0.3, 0.4) is 0 Å². The van der Waals surface area contributed by atoms with E-state index in [0.29, 0.717) is 32.7 Å². The maximum absolute atomic E-state index is 13.3. The Balaban J connectivity index is 1.37. The lowest BCUT2D eigenvalue weighted by Gasteiger charge is -2.34. The van der Waals surface area contributed by atoms with Crippen LogP contribution in [0.1, 0.15) is 20.9 Å². The first kappa shape index (κ1) is 22.3. The molecule has 2 aromatic carbocycles. The van der Waals surface area contributed by atoms with Crippen LogP contribution in [-0.4, -0.2) is 54.0 Å². The van der Waals surface area contributed by atoms with Gasteiger partial charge in [0.25, 0.3) is 5.91 Å². The van der Waals surface area contributed by atoms with E-state index in [1.807, 2.05) is 29.6 Å². The van der Waals surface area contributed by atoms with Gasteiger partial charge in [-0.2, -0.15) is 13.2 Å². The van der Waals surface area contributed by atoms with Crippen LogP contribution in [0.25, 0.3) is 11.3 Å². The molecule has 0 saturated carbocycles. The molecule has 1 aliphatic heterocycles. The number of hydrogen-bond donors (Lipinski definition) is 0. The van der Waals surface area contributed by atoms with Crippen LogP contribution in [0, 0.1) is 0 Å². The molecule has 0 spiro atoms. The molecule has 5 nitrogen and oxygen atoms in total. The SMILES string of the molecule is COc1cccc(-c2csc(CN3CCN(C(=O)c4ccccc4C(F)(F)F)CC3)n2)c1. The molecule has 168 valence electrons. The monoisotopic (exact) mass is 461 g/mol.